The third kappa shape index (κ3) is 5.96. The number of carboxylic acid groups (broad SMARTS) is 1. The predicted molar refractivity (Wildman–Crippen MR) is 160 cm³/mol. The van der Waals surface area contributed by atoms with Crippen LogP contribution in [0.2, 0.25) is 0 Å². The van der Waals surface area contributed by atoms with E-state index in [2.05, 4.69) is 44.7 Å². The molecule has 5 nitrogen and oxygen atoms in total. The molecule has 4 aliphatic rings. The van der Waals surface area contributed by atoms with Gasteiger partial charge in [0.15, 0.2) is 0 Å². The van der Waals surface area contributed by atoms with Crippen molar-refractivity contribution in [2.75, 3.05) is 0 Å². The van der Waals surface area contributed by atoms with Crippen LogP contribution in [-0.2, 0) is 20.7 Å². The number of fused-ring (bicyclic) bond motifs is 5. The molecule has 0 spiro atoms. The van der Waals surface area contributed by atoms with Gasteiger partial charge in [0.2, 0.25) is 0 Å². The molecule has 10 atom stereocenters. The van der Waals surface area contributed by atoms with Crippen molar-refractivity contribution in [1.82, 2.24) is 0 Å². The smallest absolute Gasteiger partial charge is 0.303 e. The van der Waals surface area contributed by atoms with E-state index in [0.29, 0.717) is 42.4 Å². The second kappa shape index (κ2) is 11.8. The third-order valence-electron chi connectivity index (χ3n) is 12.3. The van der Waals surface area contributed by atoms with E-state index in [1.54, 1.807) is 0 Å². The van der Waals surface area contributed by atoms with E-state index in [4.69, 9.17) is 4.74 Å². The lowest BCUT2D eigenvalue weighted by Crippen LogP contribution is -2.60. The van der Waals surface area contributed by atoms with Crippen LogP contribution in [0, 0.1) is 58.2 Å². The average Bonchev–Trinajstić information content (AvgIpc) is 3.28. The Morgan fingerprint density at radius 3 is 2.49 bits per heavy atom. The number of hydrogen-bond donors (Lipinski definition) is 2. The van der Waals surface area contributed by atoms with Crippen molar-refractivity contribution in [3.8, 4) is 11.8 Å². The number of aliphatic hydroxyl groups is 1. The molecule has 4 aliphatic carbocycles. The number of benzene rings is 1. The zero-order valence-electron chi connectivity index (χ0n) is 25.5. The second-order valence-corrected chi connectivity index (χ2v) is 14.5. The van der Waals surface area contributed by atoms with E-state index in [0.717, 1.165) is 57.8 Å². The lowest BCUT2D eigenvalue weighted by molar-refractivity contribution is -0.198. The molecular weight excluding hydrogens is 512 g/mol. The fraction of sp³-hybridized carbons (Fsp3) is 0.722. The first-order valence-electron chi connectivity index (χ1n) is 16.1. The van der Waals surface area contributed by atoms with Crippen molar-refractivity contribution in [1.29, 1.82) is 0 Å². The highest BCUT2D eigenvalue weighted by Crippen LogP contribution is 2.69. The standard InChI is InChI=1S/C36H50O5/c1-24(13-16-32(38)39)28-14-15-29-33-30(17-19-35(28,29)4)34(3)20-21-36(40,23-27(34)22-31(33)41-25(2)37)18-9-8-12-26-10-6-5-7-11-26/h5-7,10-11,24,27-31,33,40H,8,12-17,19-23H2,1-4H3,(H,38,39)/t24-,27-,28-,29+,30+,31-,33+,34+,35-,36-/m1/s1. The summed E-state index contributed by atoms with van der Waals surface area (Å²) >= 11 is 0. The van der Waals surface area contributed by atoms with Crippen LogP contribution in [0.1, 0.15) is 104 Å². The number of hydrogen-bond acceptors (Lipinski definition) is 4. The van der Waals surface area contributed by atoms with Gasteiger partial charge in [-0.05, 0) is 110 Å². The number of ether oxygens (including phenoxy) is 1. The van der Waals surface area contributed by atoms with Gasteiger partial charge in [-0.15, -0.1) is 0 Å². The molecule has 5 rings (SSSR count). The van der Waals surface area contributed by atoms with E-state index in [9.17, 15) is 19.8 Å². The van der Waals surface area contributed by atoms with Crippen LogP contribution in [0.5, 0.6) is 0 Å². The topological polar surface area (TPSA) is 83.8 Å². The first-order valence-corrected chi connectivity index (χ1v) is 16.1. The zero-order valence-corrected chi connectivity index (χ0v) is 25.5. The SMILES string of the molecule is CC(=O)O[C@@H]1C[C@@H]2C[C@@](O)(C#CCCc3ccccc3)CC[C@]2(C)[C@H]2CC[C@]3(C)[C@@H]([C@H](C)CCC(=O)O)CC[C@H]3[C@H]12. The van der Waals surface area contributed by atoms with Gasteiger partial charge in [0.05, 0.1) is 0 Å². The van der Waals surface area contributed by atoms with E-state index in [1.807, 2.05) is 18.2 Å². The quantitative estimate of drug-likeness (QED) is 0.275. The lowest BCUT2D eigenvalue weighted by atomic mass is 9.43. The van der Waals surface area contributed by atoms with Crippen LogP contribution < -0.4 is 0 Å². The lowest BCUT2D eigenvalue weighted by Gasteiger charge is -2.63. The van der Waals surface area contributed by atoms with Gasteiger partial charge in [0.1, 0.15) is 11.7 Å². The van der Waals surface area contributed by atoms with E-state index >= 15 is 0 Å². The molecule has 0 heterocycles. The third-order valence-corrected chi connectivity index (χ3v) is 12.3. The van der Waals surface area contributed by atoms with Crippen molar-refractivity contribution >= 4 is 11.9 Å². The molecule has 0 amide bonds. The molecule has 0 saturated heterocycles. The maximum Gasteiger partial charge on any atom is 0.303 e. The predicted octanol–water partition coefficient (Wildman–Crippen LogP) is 7.06. The van der Waals surface area contributed by atoms with Gasteiger partial charge in [-0.2, -0.15) is 0 Å². The monoisotopic (exact) mass is 562 g/mol. The molecular formula is C36H50O5. The number of rotatable bonds is 7. The van der Waals surface area contributed by atoms with Gasteiger partial charge in [0.25, 0.3) is 0 Å². The molecule has 2 N–H and O–H groups in total. The maximum absolute atomic E-state index is 12.4. The minimum atomic E-state index is -0.977. The Labute approximate surface area is 246 Å². The Bertz CT molecular complexity index is 1170. The van der Waals surface area contributed by atoms with Crippen molar-refractivity contribution < 1.29 is 24.5 Å². The number of carbonyl (C=O) groups excluding carboxylic acids is 1. The van der Waals surface area contributed by atoms with Crippen molar-refractivity contribution in [3.63, 3.8) is 0 Å². The Morgan fingerprint density at radius 1 is 1.05 bits per heavy atom. The molecule has 0 unspecified atom stereocenters. The van der Waals surface area contributed by atoms with Crippen molar-refractivity contribution in [3.05, 3.63) is 35.9 Å². The van der Waals surface area contributed by atoms with Crippen LogP contribution >= 0.6 is 0 Å². The van der Waals surface area contributed by atoms with Crippen LogP contribution in [0.4, 0.5) is 0 Å². The Kier molecular flexibility index (Phi) is 8.64. The summed E-state index contributed by atoms with van der Waals surface area (Å²) in [5.74, 6) is 8.11. The van der Waals surface area contributed by atoms with Gasteiger partial charge in [-0.25, -0.2) is 0 Å². The molecule has 0 aromatic heterocycles. The Balaban J connectivity index is 1.33. The summed E-state index contributed by atoms with van der Waals surface area (Å²) in [4.78, 5) is 23.7. The summed E-state index contributed by atoms with van der Waals surface area (Å²) in [5.41, 5.74) is 0.547. The van der Waals surface area contributed by atoms with Gasteiger partial charge in [-0.1, -0.05) is 62.9 Å². The summed E-state index contributed by atoms with van der Waals surface area (Å²) in [5, 5.41) is 20.9. The molecule has 1 aromatic rings. The van der Waals surface area contributed by atoms with Crippen molar-refractivity contribution in [2.45, 2.75) is 116 Å². The minimum absolute atomic E-state index is 0.105. The highest BCUT2D eigenvalue weighted by molar-refractivity contribution is 5.66. The van der Waals surface area contributed by atoms with E-state index < -0.39 is 11.6 Å². The summed E-state index contributed by atoms with van der Waals surface area (Å²) in [6.07, 6.45) is 10.1. The molecule has 0 radical (unpaired) electrons. The molecule has 0 bridgehead atoms. The first-order chi connectivity index (χ1) is 19.4. The van der Waals surface area contributed by atoms with Gasteiger partial charge >= 0.3 is 11.9 Å². The molecule has 4 saturated carbocycles. The summed E-state index contributed by atoms with van der Waals surface area (Å²) < 4.78 is 6.16. The second-order valence-electron chi connectivity index (χ2n) is 14.5. The Hall–Kier alpha value is -2.32. The average molecular weight is 563 g/mol. The number of aliphatic carboxylic acids is 1. The van der Waals surface area contributed by atoms with E-state index in [1.165, 1.54) is 12.5 Å². The van der Waals surface area contributed by atoms with Gasteiger partial charge in [-0.3, -0.25) is 9.59 Å². The fourth-order valence-corrected chi connectivity index (χ4v) is 10.2. The molecule has 5 heteroatoms. The van der Waals surface area contributed by atoms with Gasteiger partial charge < -0.3 is 14.9 Å². The first kappa shape index (κ1) is 30.1. The molecule has 4 fully saturated rings. The minimum Gasteiger partial charge on any atom is -0.481 e. The van der Waals surface area contributed by atoms with Crippen LogP contribution in [0.25, 0.3) is 0 Å². The van der Waals surface area contributed by atoms with Crippen LogP contribution in [0.15, 0.2) is 30.3 Å². The Morgan fingerprint density at radius 2 is 1.78 bits per heavy atom. The highest BCUT2D eigenvalue weighted by atomic mass is 16.5. The number of esters is 1. The van der Waals surface area contributed by atoms with Crippen molar-refractivity contribution in [2.24, 2.45) is 46.3 Å². The molecule has 1 aromatic carbocycles. The summed E-state index contributed by atoms with van der Waals surface area (Å²) in [7, 11) is 0. The normalized spacial score (nSPS) is 40.2. The fourth-order valence-electron chi connectivity index (χ4n) is 10.2. The van der Waals surface area contributed by atoms with Gasteiger partial charge in [0, 0.05) is 25.7 Å². The zero-order chi connectivity index (χ0) is 29.4. The highest BCUT2D eigenvalue weighted by Gasteiger charge is 2.64. The largest absolute Gasteiger partial charge is 0.481 e. The number of aryl methyl sites for hydroxylation is 1. The molecule has 224 valence electrons. The summed E-state index contributed by atoms with van der Waals surface area (Å²) in [6.45, 7) is 8.68. The summed E-state index contributed by atoms with van der Waals surface area (Å²) in [6, 6.07) is 10.4. The molecule has 41 heavy (non-hydrogen) atoms. The number of carboxylic acids is 1. The van der Waals surface area contributed by atoms with Crippen LogP contribution in [-0.4, -0.2) is 33.9 Å². The maximum atomic E-state index is 12.4. The number of carbonyl (C=O) groups is 2. The molecule has 0 aliphatic heterocycles. The van der Waals surface area contributed by atoms with E-state index in [-0.39, 0.29) is 35.2 Å². The van der Waals surface area contributed by atoms with Crippen LogP contribution in [0.3, 0.4) is 0 Å².